The van der Waals surface area contributed by atoms with Crippen LogP contribution in [0.4, 0.5) is 0 Å². The van der Waals surface area contributed by atoms with Crippen molar-refractivity contribution in [2.24, 2.45) is 5.73 Å². The molecule has 18 heavy (non-hydrogen) atoms. The molecule has 0 radical (unpaired) electrons. The Labute approximate surface area is 113 Å². The van der Waals surface area contributed by atoms with Crippen molar-refractivity contribution < 1.29 is 9.47 Å². The minimum atomic E-state index is 0.804. The van der Waals surface area contributed by atoms with Crippen LogP contribution in [0.3, 0.4) is 0 Å². The van der Waals surface area contributed by atoms with Crippen LogP contribution < -0.4 is 5.73 Å². The topological polar surface area (TPSA) is 44.5 Å². The summed E-state index contributed by atoms with van der Waals surface area (Å²) in [5.74, 6) is 0. The maximum Gasteiger partial charge on any atom is 0.0466 e. The molecule has 0 amide bonds. The predicted molar refractivity (Wildman–Crippen MR) is 77.9 cm³/mol. The molecular weight excluding hydrogens is 226 g/mol. The summed E-state index contributed by atoms with van der Waals surface area (Å²) in [5.41, 5.74) is 5.42. The van der Waals surface area contributed by atoms with Crippen molar-refractivity contribution in [2.75, 3.05) is 33.0 Å². The summed E-state index contributed by atoms with van der Waals surface area (Å²) < 4.78 is 11.1. The Morgan fingerprint density at radius 1 is 0.611 bits per heavy atom. The predicted octanol–water partition coefficient (Wildman–Crippen LogP) is 3.51. The Balaban J connectivity index is 2.86. The third-order valence-corrected chi connectivity index (χ3v) is 2.96. The fourth-order valence-corrected chi connectivity index (χ4v) is 1.77. The van der Waals surface area contributed by atoms with E-state index in [2.05, 4.69) is 6.92 Å². The highest BCUT2D eigenvalue weighted by Gasteiger charge is 1.93. The van der Waals surface area contributed by atoms with Gasteiger partial charge < -0.3 is 15.2 Å². The van der Waals surface area contributed by atoms with E-state index >= 15 is 0 Å². The molecule has 110 valence electrons. The first-order valence-electron chi connectivity index (χ1n) is 7.77. The summed E-state index contributed by atoms with van der Waals surface area (Å²) in [5, 5.41) is 0. The van der Waals surface area contributed by atoms with E-state index in [9.17, 15) is 0 Å². The van der Waals surface area contributed by atoms with Crippen molar-refractivity contribution in [3.05, 3.63) is 0 Å². The lowest BCUT2D eigenvalue weighted by Gasteiger charge is -2.05. The van der Waals surface area contributed by atoms with Gasteiger partial charge in [0.05, 0.1) is 0 Å². The SMILES string of the molecule is CCCCCOCCCCCOCCCCCN. The molecule has 0 bridgehead atoms. The fraction of sp³-hybridized carbons (Fsp3) is 1.00. The van der Waals surface area contributed by atoms with Gasteiger partial charge in [0.25, 0.3) is 0 Å². The molecule has 0 aromatic carbocycles. The van der Waals surface area contributed by atoms with Crippen molar-refractivity contribution >= 4 is 0 Å². The molecule has 0 atom stereocenters. The zero-order chi connectivity index (χ0) is 13.3. The summed E-state index contributed by atoms with van der Waals surface area (Å²) in [6, 6.07) is 0. The lowest BCUT2D eigenvalue weighted by molar-refractivity contribution is 0.111. The van der Waals surface area contributed by atoms with Gasteiger partial charge in [0.2, 0.25) is 0 Å². The molecule has 0 aliphatic rings. The third-order valence-electron chi connectivity index (χ3n) is 2.96. The molecule has 0 aromatic rings. The van der Waals surface area contributed by atoms with Gasteiger partial charge in [-0.15, -0.1) is 0 Å². The van der Waals surface area contributed by atoms with Crippen molar-refractivity contribution in [3.63, 3.8) is 0 Å². The van der Waals surface area contributed by atoms with Crippen LogP contribution in [0.5, 0.6) is 0 Å². The van der Waals surface area contributed by atoms with Crippen molar-refractivity contribution in [3.8, 4) is 0 Å². The molecule has 0 saturated heterocycles. The van der Waals surface area contributed by atoms with Crippen molar-refractivity contribution in [1.29, 1.82) is 0 Å². The minimum Gasteiger partial charge on any atom is -0.381 e. The van der Waals surface area contributed by atoms with E-state index in [1.165, 1.54) is 38.5 Å². The second-order valence-corrected chi connectivity index (χ2v) is 4.84. The summed E-state index contributed by atoms with van der Waals surface area (Å²) in [4.78, 5) is 0. The van der Waals surface area contributed by atoms with Crippen LogP contribution in [-0.2, 0) is 9.47 Å². The van der Waals surface area contributed by atoms with Crippen LogP contribution in [-0.4, -0.2) is 33.0 Å². The maximum absolute atomic E-state index is 5.56. The average molecular weight is 259 g/mol. The lowest BCUT2D eigenvalue weighted by Crippen LogP contribution is -2.01. The molecule has 0 aromatic heterocycles. The van der Waals surface area contributed by atoms with Gasteiger partial charge in [-0.05, 0) is 51.5 Å². The molecule has 0 unspecified atom stereocenters. The summed E-state index contributed by atoms with van der Waals surface area (Å²) >= 11 is 0. The van der Waals surface area contributed by atoms with Gasteiger partial charge in [-0.1, -0.05) is 19.8 Å². The van der Waals surface area contributed by atoms with E-state index in [4.69, 9.17) is 15.2 Å². The molecule has 0 spiro atoms. The smallest absolute Gasteiger partial charge is 0.0466 e. The van der Waals surface area contributed by atoms with Gasteiger partial charge in [-0.25, -0.2) is 0 Å². The van der Waals surface area contributed by atoms with Gasteiger partial charge in [0.15, 0.2) is 0 Å². The van der Waals surface area contributed by atoms with Crippen LogP contribution in [0.1, 0.15) is 64.7 Å². The highest BCUT2D eigenvalue weighted by Crippen LogP contribution is 2.00. The molecule has 0 fully saturated rings. The van der Waals surface area contributed by atoms with Crippen LogP contribution in [0.2, 0.25) is 0 Å². The molecule has 0 saturated carbocycles. The molecule has 2 N–H and O–H groups in total. The third kappa shape index (κ3) is 15.9. The van der Waals surface area contributed by atoms with Gasteiger partial charge >= 0.3 is 0 Å². The zero-order valence-electron chi connectivity index (χ0n) is 12.3. The molecule has 3 heteroatoms. The molecule has 0 heterocycles. The average Bonchev–Trinajstić information content (AvgIpc) is 2.39. The van der Waals surface area contributed by atoms with Gasteiger partial charge in [-0.2, -0.15) is 0 Å². The van der Waals surface area contributed by atoms with E-state index in [1.54, 1.807) is 0 Å². The first kappa shape index (κ1) is 17.9. The highest BCUT2D eigenvalue weighted by molar-refractivity contribution is 4.44. The molecule has 0 aliphatic heterocycles. The summed E-state index contributed by atoms with van der Waals surface area (Å²) in [6.45, 7) is 6.67. The highest BCUT2D eigenvalue weighted by atomic mass is 16.5. The monoisotopic (exact) mass is 259 g/mol. The number of ether oxygens (including phenoxy) is 2. The van der Waals surface area contributed by atoms with Crippen molar-refractivity contribution in [1.82, 2.24) is 0 Å². The summed E-state index contributed by atoms with van der Waals surface area (Å²) in [6.07, 6.45) is 10.8. The minimum absolute atomic E-state index is 0.804. The Kier molecular flexibility index (Phi) is 16.8. The number of unbranched alkanes of at least 4 members (excludes halogenated alkanes) is 6. The quantitative estimate of drug-likeness (QED) is 0.458. The van der Waals surface area contributed by atoms with Gasteiger partial charge in [-0.3, -0.25) is 0 Å². The van der Waals surface area contributed by atoms with Gasteiger partial charge in [0.1, 0.15) is 0 Å². The lowest BCUT2D eigenvalue weighted by atomic mass is 10.2. The molecule has 3 nitrogen and oxygen atoms in total. The second kappa shape index (κ2) is 16.9. The van der Waals surface area contributed by atoms with E-state index < -0.39 is 0 Å². The van der Waals surface area contributed by atoms with E-state index in [-0.39, 0.29) is 0 Å². The first-order chi connectivity index (χ1) is 8.91. The molecular formula is C15H33NO2. The largest absolute Gasteiger partial charge is 0.381 e. The summed E-state index contributed by atoms with van der Waals surface area (Å²) in [7, 11) is 0. The number of hydrogen-bond donors (Lipinski definition) is 1. The van der Waals surface area contributed by atoms with Crippen LogP contribution in [0.25, 0.3) is 0 Å². The number of rotatable bonds is 15. The second-order valence-electron chi connectivity index (χ2n) is 4.84. The van der Waals surface area contributed by atoms with Crippen LogP contribution >= 0.6 is 0 Å². The Morgan fingerprint density at radius 2 is 1.06 bits per heavy atom. The van der Waals surface area contributed by atoms with E-state index in [1.807, 2.05) is 0 Å². The van der Waals surface area contributed by atoms with Crippen LogP contribution in [0, 0.1) is 0 Å². The first-order valence-corrected chi connectivity index (χ1v) is 7.77. The normalized spacial score (nSPS) is 11.0. The fourth-order valence-electron chi connectivity index (χ4n) is 1.77. The number of nitrogens with two attached hydrogens (primary N) is 1. The van der Waals surface area contributed by atoms with E-state index in [0.29, 0.717) is 0 Å². The zero-order valence-corrected chi connectivity index (χ0v) is 12.3. The molecule has 0 rings (SSSR count). The standard InChI is InChI=1S/C15H33NO2/c1-2-3-7-12-17-14-9-5-10-15-18-13-8-4-6-11-16/h2-16H2,1H3. The maximum atomic E-state index is 5.56. The Hall–Kier alpha value is -0.120. The van der Waals surface area contributed by atoms with E-state index in [0.717, 1.165) is 52.2 Å². The molecule has 0 aliphatic carbocycles. The van der Waals surface area contributed by atoms with Gasteiger partial charge in [0, 0.05) is 26.4 Å². The number of hydrogen-bond acceptors (Lipinski definition) is 3. The Bertz CT molecular complexity index is 126. The Morgan fingerprint density at radius 3 is 1.50 bits per heavy atom. The van der Waals surface area contributed by atoms with Crippen LogP contribution in [0.15, 0.2) is 0 Å². The van der Waals surface area contributed by atoms with Crippen molar-refractivity contribution in [2.45, 2.75) is 64.7 Å².